The number of hydrogen-bond acceptors (Lipinski definition) is 2. The lowest BCUT2D eigenvalue weighted by Crippen LogP contribution is -2.39. The second-order valence-corrected chi connectivity index (χ2v) is 4.78. The molecule has 94 valence electrons. The van der Waals surface area contributed by atoms with Crippen molar-refractivity contribution >= 4 is 22.0 Å². The van der Waals surface area contributed by atoms with E-state index in [0.29, 0.717) is 6.54 Å². The summed E-state index contributed by atoms with van der Waals surface area (Å²) in [5.41, 5.74) is 1.16. The van der Waals surface area contributed by atoms with Crippen molar-refractivity contribution in [3.8, 4) is 0 Å². The van der Waals surface area contributed by atoms with E-state index in [-0.39, 0.29) is 12.6 Å². The highest BCUT2D eigenvalue weighted by Gasteiger charge is 2.01. The highest BCUT2D eigenvalue weighted by atomic mass is 79.9. The fraction of sp³-hybridized carbons (Fsp3) is 0.417. The molecule has 0 radical (unpaired) electrons. The van der Waals surface area contributed by atoms with Gasteiger partial charge in [-0.25, -0.2) is 4.79 Å². The van der Waals surface area contributed by atoms with Gasteiger partial charge in [0.25, 0.3) is 0 Å². The summed E-state index contributed by atoms with van der Waals surface area (Å²) in [6.07, 6.45) is 0.257. The largest absolute Gasteiger partial charge is 0.392 e. The van der Waals surface area contributed by atoms with Crippen molar-refractivity contribution in [1.29, 1.82) is 0 Å². The van der Waals surface area contributed by atoms with Crippen molar-refractivity contribution in [2.45, 2.75) is 19.4 Å². The van der Waals surface area contributed by atoms with Gasteiger partial charge in [-0.2, -0.15) is 0 Å². The molecular formula is C12H17BrN2O2. The van der Waals surface area contributed by atoms with E-state index in [1.54, 1.807) is 6.92 Å². The third kappa shape index (κ3) is 6.28. The normalized spacial score (nSPS) is 11.9. The number of benzene rings is 1. The SMILES string of the molecule is CC(O)CNC(=O)NCCc1cccc(Br)c1. The van der Waals surface area contributed by atoms with Gasteiger partial charge in [-0.15, -0.1) is 0 Å². The Bertz CT molecular complexity index is 369. The number of aliphatic hydroxyl groups is 1. The van der Waals surface area contributed by atoms with E-state index in [2.05, 4.69) is 26.6 Å². The number of urea groups is 1. The molecule has 1 unspecified atom stereocenters. The molecule has 1 atom stereocenters. The van der Waals surface area contributed by atoms with Crippen LogP contribution >= 0.6 is 15.9 Å². The lowest BCUT2D eigenvalue weighted by atomic mass is 10.1. The molecule has 1 rings (SSSR count). The molecule has 0 fully saturated rings. The number of hydrogen-bond donors (Lipinski definition) is 3. The number of carbonyl (C=O) groups excluding carboxylic acids is 1. The Hall–Kier alpha value is -1.07. The molecule has 17 heavy (non-hydrogen) atoms. The van der Waals surface area contributed by atoms with Crippen LogP contribution in [0.2, 0.25) is 0 Å². The zero-order chi connectivity index (χ0) is 12.7. The van der Waals surface area contributed by atoms with Crippen LogP contribution < -0.4 is 10.6 Å². The van der Waals surface area contributed by atoms with Gasteiger partial charge >= 0.3 is 6.03 Å². The van der Waals surface area contributed by atoms with Crippen molar-refractivity contribution in [3.05, 3.63) is 34.3 Å². The lowest BCUT2D eigenvalue weighted by Gasteiger charge is -2.09. The topological polar surface area (TPSA) is 61.4 Å². The molecule has 5 heteroatoms. The van der Waals surface area contributed by atoms with Gasteiger partial charge in [0.1, 0.15) is 0 Å². The number of aliphatic hydroxyl groups excluding tert-OH is 1. The van der Waals surface area contributed by atoms with Crippen LogP contribution in [-0.2, 0) is 6.42 Å². The predicted molar refractivity (Wildman–Crippen MR) is 70.9 cm³/mol. The summed E-state index contributed by atoms with van der Waals surface area (Å²) < 4.78 is 1.04. The van der Waals surface area contributed by atoms with Crippen LogP contribution in [-0.4, -0.2) is 30.3 Å². The van der Waals surface area contributed by atoms with Crippen LogP contribution in [0.15, 0.2) is 28.7 Å². The maximum absolute atomic E-state index is 11.3. The van der Waals surface area contributed by atoms with Crippen LogP contribution in [0.25, 0.3) is 0 Å². The monoisotopic (exact) mass is 300 g/mol. The highest BCUT2D eigenvalue weighted by Crippen LogP contribution is 2.11. The number of halogens is 1. The second kappa shape index (κ2) is 7.29. The molecule has 0 aliphatic heterocycles. The Morgan fingerprint density at radius 3 is 2.88 bits per heavy atom. The Balaban J connectivity index is 2.21. The molecule has 3 N–H and O–H groups in total. The van der Waals surface area contributed by atoms with E-state index in [0.717, 1.165) is 16.5 Å². The smallest absolute Gasteiger partial charge is 0.314 e. The fourth-order valence-electron chi connectivity index (χ4n) is 1.32. The van der Waals surface area contributed by atoms with Gasteiger partial charge in [0.15, 0.2) is 0 Å². The summed E-state index contributed by atoms with van der Waals surface area (Å²) in [7, 11) is 0. The van der Waals surface area contributed by atoms with Crippen LogP contribution in [0, 0.1) is 0 Å². The predicted octanol–water partition coefficient (Wildman–Crippen LogP) is 1.67. The fourth-order valence-corrected chi connectivity index (χ4v) is 1.76. The van der Waals surface area contributed by atoms with Crippen molar-refractivity contribution in [2.24, 2.45) is 0 Å². The number of amides is 2. The molecule has 0 saturated carbocycles. The molecular weight excluding hydrogens is 284 g/mol. The minimum Gasteiger partial charge on any atom is -0.392 e. The van der Waals surface area contributed by atoms with E-state index in [4.69, 9.17) is 5.11 Å². The maximum Gasteiger partial charge on any atom is 0.314 e. The molecule has 0 heterocycles. The summed E-state index contributed by atoms with van der Waals surface area (Å²) in [6.45, 7) is 2.46. The van der Waals surface area contributed by atoms with Crippen LogP contribution in [0.1, 0.15) is 12.5 Å². The van der Waals surface area contributed by atoms with Gasteiger partial charge in [-0.1, -0.05) is 28.1 Å². The summed E-state index contributed by atoms with van der Waals surface area (Å²) >= 11 is 3.40. The summed E-state index contributed by atoms with van der Waals surface area (Å²) in [5.74, 6) is 0. The first-order chi connectivity index (χ1) is 8.08. The molecule has 0 spiro atoms. The molecule has 0 aromatic heterocycles. The average molecular weight is 301 g/mol. The van der Waals surface area contributed by atoms with Gasteiger partial charge in [0, 0.05) is 17.6 Å². The summed E-state index contributed by atoms with van der Waals surface area (Å²) in [4.78, 5) is 11.3. The summed E-state index contributed by atoms with van der Waals surface area (Å²) in [6, 6.07) is 7.72. The van der Waals surface area contributed by atoms with E-state index >= 15 is 0 Å². The third-order valence-corrected chi connectivity index (χ3v) is 2.64. The minimum absolute atomic E-state index is 0.249. The first-order valence-corrected chi connectivity index (χ1v) is 6.31. The van der Waals surface area contributed by atoms with Gasteiger partial charge < -0.3 is 15.7 Å². The molecule has 1 aromatic carbocycles. The highest BCUT2D eigenvalue weighted by molar-refractivity contribution is 9.10. The minimum atomic E-state index is -0.522. The Morgan fingerprint density at radius 2 is 2.24 bits per heavy atom. The molecule has 1 aromatic rings. The van der Waals surface area contributed by atoms with E-state index in [9.17, 15) is 4.79 Å². The van der Waals surface area contributed by atoms with Gasteiger partial charge in [0.2, 0.25) is 0 Å². The lowest BCUT2D eigenvalue weighted by molar-refractivity contribution is 0.187. The third-order valence-electron chi connectivity index (χ3n) is 2.15. The molecule has 0 bridgehead atoms. The maximum atomic E-state index is 11.3. The van der Waals surface area contributed by atoms with Gasteiger partial charge in [0.05, 0.1) is 6.10 Å². The van der Waals surface area contributed by atoms with Crippen LogP contribution in [0.4, 0.5) is 4.79 Å². The van der Waals surface area contributed by atoms with Crippen LogP contribution in [0.5, 0.6) is 0 Å². The van der Waals surface area contributed by atoms with E-state index in [1.165, 1.54) is 0 Å². The molecule has 4 nitrogen and oxygen atoms in total. The Morgan fingerprint density at radius 1 is 1.47 bits per heavy atom. The number of carbonyl (C=O) groups is 1. The molecule has 0 aliphatic rings. The van der Waals surface area contributed by atoms with Crippen molar-refractivity contribution in [3.63, 3.8) is 0 Å². The van der Waals surface area contributed by atoms with Crippen molar-refractivity contribution in [2.75, 3.05) is 13.1 Å². The van der Waals surface area contributed by atoms with Crippen molar-refractivity contribution < 1.29 is 9.90 Å². The number of nitrogens with one attached hydrogen (secondary N) is 2. The first-order valence-electron chi connectivity index (χ1n) is 5.52. The average Bonchev–Trinajstić information content (AvgIpc) is 2.26. The van der Waals surface area contributed by atoms with E-state index < -0.39 is 6.10 Å². The van der Waals surface area contributed by atoms with Gasteiger partial charge in [-0.3, -0.25) is 0 Å². The molecule has 2 amide bonds. The molecule has 0 saturated heterocycles. The first kappa shape index (κ1) is 14.0. The standard InChI is InChI=1S/C12H17BrN2O2/c1-9(16)8-15-12(17)14-6-5-10-3-2-4-11(13)7-10/h2-4,7,9,16H,5-6,8H2,1H3,(H2,14,15,17). The zero-order valence-corrected chi connectivity index (χ0v) is 11.3. The second-order valence-electron chi connectivity index (χ2n) is 3.87. The summed E-state index contributed by atoms with van der Waals surface area (Å²) in [5, 5.41) is 14.3. The Kier molecular flexibility index (Phi) is 6.00. The van der Waals surface area contributed by atoms with Crippen molar-refractivity contribution in [1.82, 2.24) is 10.6 Å². The zero-order valence-electron chi connectivity index (χ0n) is 9.74. The molecule has 0 aliphatic carbocycles. The van der Waals surface area contributed by atoms with Gasteiger partial charge in [-0.05, 0) is 31.0 Å². The van der Waals surface area contributed by atoms with E-state index in [1.807, 2.05) is 24.3 Å². The Labute approximate surface area is 110 Å². The number of rotatable bonds is 5. The quantitative estimate of drug-likeness (QED) is 0.775. The van der Waals surface area contributed by atoms with Crippen LogP contribution in [0.3, 0.4) is 0 Å².